The molecule has 60 valence electrons. The van der Waals surface area contributed by atoms with Crippen molar-refractivity contribution < 1.29 is 9.67 Å². The molecule has 0 saturated carbocycles. The highest BCUT2D eigenvalue weighted by molar-refractivity contribution is 7.70. The van der Waals surface area contributed by atoms with Crippen LogP contribution in [-0.2, 0) is 4.57 Å². The lowest BCUT2D eigenvalue weighted by Gasteiger charge is -2.07. The van der Waals surface area contributed by atoms with E-state index in [1.165, 1.54) is 0 Å². The molecular formula is C8H11O2P. The van der Waals surface area contributed by atoms with Gasteiger partial charge in [0.25, 0.3) is 0 Å². The minimum Gasteiger partial charge on any atom is -0.507 e. The molecule has 2 nitrogen and oxygen atoms in total. The zero-order valence-corrected chi connectivity index (χ0v) is 7.51. The van der Waals surface area contributed by atoms with Gasteiger partial charge in [-0.1, -0.05) is 12.1 Å². The van der Waals surface area contributed by atoms with Crippen LogP contribution in [0, 0.1) is 0 Å². The molecule has 0 saturated heterocycles. The lowest BCUT2D eigenvalue weighted by Crippen LogP contribution is -2.01. The minimum atomic E-state index is -2.31. The number of rotatable bonds is 1. The monoisotopic (exact) mass is 170 g/mol. The average Bonchev–Trinajstić information content (AvgIpc) is 1.86. The normalized spacial score (nSPS) is 11.5. The Labute approximate surface area is 66.2 Å². The van der Waals surface area contributed by atoms with Crippen molar-refractivity contribution in [1.82, 2.24) is 0 Å². The molecule has 11 heavy (non-hydrogen) atoms. The third-order valence-corrected chi connectivity index (χ3v) is 3.00. The van der Waals surface area contributed by atoms with E-state index in [0.29, 0.717) is 5.30 Å². The topological polar surface area (TPSA) is 37.3 Å². The second kappa shape index (κ2) is 2.71. The van der Waals surface area contributed by atoms with Gasteiger partial charge in [-0.3, -0.25) is 0 Å². The van der Waals surface area contributed by atoms with E-state index in [1.54, 1.807) is 37.6 Å². The summed E-state index contributed by atoms with van der Waals surface area (Å²) in [6.07, 6.45) is 0. The molecule has 0 aliphatic carbocycles. The maximum atomic E-state index is 11.5. The van der Waals surface area contributed by atoms with Crippen molar-refractivity contribution in [2.75, 3.05) is 13.3 Å². The van der Waals surface area contributed by atoms with Crippen LogP contribution in [0.25, 0.3) is 0 Å². The Hall–Kier alpha value is -0.750. The maximum Gasteiger partial charge on any atom is 0.126 e. The molecule has 1 aromatic carbocycles. The van der Waals surface area contributed by atoms with Gasteiger partial charge >= 0.3 is 0 Å². The number of aromatic hydroxyl groups is 1. The summed E-state index contributed by atoms with van der Waals surface area (Å²) >= 11 is 0. The van der Waals surface area contributed by atoms with Crippen LogP contribution in [-0.4, -0.2) is 18.4 Å². The van der Waals surface area contributed by atoms with E-state index in [0.717, 1.165) is 0 Å². The molecule has 1 N–H and O–H groups in total. The van der Waals surface area contributed by atoms with E-state index in [-0.39, 0.29) is 5.75 Å². The van der Waals surface area contributed by atoms with Gasteiger partial charge in [0, 0.05) is 0 Å². The first kappa shape index (κ1) is 8.35. The van der Waals surface area contributed by atoms with Gasteiger partial charge in [-0.05, 0) is 25.5 Å². The third kappa shape index (κ3) is 1.84. The van der Waals surface area contributed by atoms with Crippen LogP contribution in [0.1, 0.15) is 0 Å². The van der Waals surface area contributed by atoms with Crippen LogP contribution in [0.4, 0.5) is 0 Å². The maximum absolute atomic E-state index is 11.5. The van der Waals surface area contributed by atoms with Gasteiger partial charge in [-0.2, -0.15) is 0 Å². The smallest absolute Gasteiger partial charge is 0.126 e. The Bertz CT molecular complexity index is 301. The van der Waals surface area contributed by atoms with Crippen LogP contribution in [0.3, 0.4) is 0 Å². The van der Waals surface area contributed by atoms with E-state index in [1.807, 2.05) is 0 Å². The van der Waals surface area contributed by atoms with Gasteiger partial charge in [0.05, 0.1) is 5.30 Å². The number of phenols is 1. The van der Waals surface area contributed by atoms with Crippen molar-refractivity contribution in [3.63, 3.8) is 0 Å². The van der Waals surface area contributed by atoms with E-state index in [9.17, 15) is 9.67 Å². The SMILES string of the molecule is CP(C)(=O)c1ccccc1O. The fourth-order valence-corrected chi connectivity index (χ4v) is 1.99. The second-order valence-electron chi connectivity index (χ2n) is 2.84. The fraction of sp³-hybridized carbons (Fsp3) is 0.250. The summed E-state index contributed by atoms with van der Waals surface area (Å²) in [4.78, 5) is 0. The molecule has 0 atom stereocenters. The van der Waals surface area contributed by atoms with Crippen LogP contribution in [0.5, 0.6) is 5.75 Å². The highest BCUT2D eigenvalue weighted by atomic mass is 31.2. The highest BCUT2D eigenvalue weighted by Crippen LogP contribution is 2.37. The van der Waals surface area contributed by atoms with Gasteiger partial charge in [0.2, 0.25) is 0 Å². The molecule has 0 radical (unpaired) electrons. The number of hydrogen-bond donors (Lipinski definition) is 1. The van der Waals surface area contributed by atoms with E-state index >= 15 is 0 Å². The molecule has 0 fully saturated rings. The molecule has 0 aromatic heterocycles. The van der Waals surface area contributed by atoms with Crippen molar-refractivity contribution in [3.05, 3.63) is 24.3 Å². The van der Waals surface area contributed by atoms with Gasteiger partial charge in [-0.25, -0.2) is 0 Å². The summed E-state index contributed by atoms with van der Waals surface area (Å²) in [5, 5.41) is 9.83. The van der Waals surface area contributed by atoms with E-state index in [2.05, 4.69) is 0 Å². The minimum absolute atomic E-state index is 0.126. The van der Waals surface area contributed by atoms with Crippen LogP contribution < -0.4 is 5.30 Å². The highest BCUT2D eigenvalue weighted by Gasteiger charge is 2.13. The zero-order chi connectivity index (χ0) is 8.48. The lowest BCUT2D eigenvalue weighted by molar-refractivity contribution is 0.479. The summed E-state index contributed by atoms with van der Waals surface area (Å²) in [7, 11) is -2.31. The zero-order valence-electron chi connectivity index (χ0n) is 6.61. The summed E-state index contributed by atoms with van der Waals surface area (Å²) < 4.78 is 11.5. The number of phenolic OH excluding ortho intramolecular Hbond substituents is 1. The molecule has 0 aliphatic heterocycles. The van der Waals surface area contributed by atoms with Crippen molar-refractivity contribution >= 4 is 12.4 Å². The molecule has 1 aromatic rings. The molecule has 0 heterocycles. The standard InChI is InChI=1S/C8H11O2P/c1-11(2,10)8-6-4-3-5-7(8)9/h3-6,9H,1-2H3. The quantitative estimate of drug-likeness (QED) is 0.650. The Morgan fingerprint density at radius 3 is 2.18 bits per heavy atom. The van der Waals surface area contributed by atoms with E-state index < -0.39 is 7.14 Å². The number of hydrogen-bond acceptors (Lipinski definition) is 2. The van der Waals surface area contributed by atoms with E-state index in [4.69, 9.17) is 0 Å². The number of benzene rings is 1. The average molecular weight is 170 g/mol. The van der Waals surface area contributed by atoms with Crippen LogP contribution in [0.15, 0.2) is 24.3 Å². The Morgan fingerprint density at radius 1 is 1.27 bits per heavy atom. The fourth-order valence-electron chi connectivity index (χ4n) is 0.920. The molecule has 0 aliphatic rings. The predicted octanol–water partition coefficient (Wildman–Crippen LogP) is 1.64. The van der Waals surface area contributed by atoms with Gasteiger partial charge in [0.15, 0.2) is 0 Å². The molecular weight excluding hydrogens is 159 g/mol. The predicted molar refractivity (Wildman–Crippen MR) is 47.2 cm³/mol. The molecule has 0 spiro atoms. The largest absolute Gasteiger partial charge is 0.507 e. The number of para-hydroxylation sites is 1. The van der Waals surface area contributed by atoms with Crippen LogP contribution >= 0.6 is 7.14 Å². The summed E-state index contributed by atoms with van der Waals surface area (Å²) in [5.74, 6) is 0.126. The van der Waals surface area contributed by atoms with Crippen molar-refractivity contribution in [1.29, 1.82) is 0 Å². The summed E-state index contributed by atoms with van der Waals surface area (Å²) in [6.45, 7) is 3.28. The molecule has 1 rings (SSSR count). The Balaban J connectivity index is 3.25. The van der Waals surface area contributed by atoms with Crippen molar-refractivity contribution in [2.45, 2.75) is 0 Å². The van der Waals surface area contributed by atoms with Crippen molar-refractivity contribution in [3.8, 4) is 5.75 Å². The third-order valence-electron chi connectivity index (χ3n) is 1.46. The van der Waals surface area contributed by atoms with Gasteiger partial charge in [0.1, 0.15) is 12.9 Å². The summed E-state index contributed by atoms with van der Waals surface area (Å²) in [6, 6.07) is 6.73. The van der Waals surface area contributed by atoms with Crippen molar-refractivity contribution in [2.24, 2.45) is 0 Å². The van der Waals surface area contributed by atoms with Gasteiger partial charge in [-0.15, -0.1) is 0 Å². The molecule has 0 amide bonds. The Kier molecular flexibility index (Phi) is 2.05. The Morgan fingerprint density at radius 2 is 1.82 bits per heavy atom. The lowest BCUT2D eigenvalue weighted by atomic mass is 10.3. The first-order valence-corrected chi connectivity index (χ1v) is 5.95. The first-order valence-electron chi connectivity index (χ1n) is 3.35. The van der Waals surface area contributed by atoms with Gasteiger partial charge < -0.3 is 9.67 Å². The molecule has 0 bridgehead atoms. The molecule has 3 heteroatoms. The van der Waals surface area contributed by atoms with Crippen LogP contribution in [0.2, 0.25) is 0 Å². The second-order valence-corrected chi connectivity index (χ2v) is 6.02. The first-order chi connectivity index (χ1) is 5.02. The summed E-state index contributed by atoms with van der Waals surface area (Å²) in [5.41, 5.74) is 0. The molecule has 0 unspecified atom stereocenters.